The number of rotatable bonds is 7. The number of aryl methyl sites for hydroxylation is 1. The molecule has 7 heteroatoms. The van der Waals surface area contributed by atoms with E-state index in [1.54, 1.807) is 30.3 Å². The molecule has 1 saturated heterocycles. The number of halogens is 1. The minimum absolute atomic E-state index is 0.0381. The molecule has 0 radical (unpaired) electrons. The number of hydrogen-bond acceptors (Lipinski definition) is 4. The molecule has 0 aliphatic carbocycles. The highest BCUT2D eigenvalue weighted by Gasteiger charge is 2.28. The third kappa shape index (κ3) is 5.56. The van der Waals surface area contributed by atoms with E-state index in [9.17, 15) is 9.59 Å². The first kappa shape index (κ1) is 22.1. The molecule has 0 bridgehead atoms. The van der Waals surface area contributed by atoms with Gasteiger partial charge < -0.3 is 14.7 Å². The van der Waals surface area contributed by atoms with Crippen molar-refractivity contribution in [1.82, 2.24) is 10.1 Å². The van der Waals surface area contributed by atoms with Gasteiger partial charge in [0, 0.05) is 31.5 Å². The van der Waals surface area contributed by atoms with E-state index in [0.29, 0.717) is 29.4 Å². The standard InChI is InChI=1S/C25H26ClN3O3/c26-20-12-4-5-13-21(20)27-25(31)22-16-23(32-28-22)19-11-7-15-29(17-19)24(30)14-6-10-18-8-2-1-3-9-18/h1-5,8-9,12-13,16,19H,6-7,10-11,14-15,17H2,(H,27,31). The molecule has 2 aromatic carbocycles. The average molecular weight is 452 g/mol. The van der Waals surface area contributed by atoms with Gasteiger partial charge in [-0.1, -0.05) is 59.2 Å². The molecule has 2 amide bonds. The van der Waals surface area contributed by atoms with E-state index >= 15 is 0 Å². The SMILES string of the molecule is O=C(Nc1ccccc1Cl)c1cc(C2CCCN(C(=O)CCCc3ccccc3)C2)on1. The number of anilines is 1. The first-order valence-electron chi connectivity index (χ1n) is 10.9. The number of benzene rings is 2. The molecule has 1 aliphatic rings. The Balaban J connectivity index is 1.31. The van der Waals surface area contributed by atoms with Crippen LogP contribution in [0.5, 0.6) is 0 Å². The summed E-state index contributed by atoms with van der Waals surface area (Å²) >= 11 is 6.10. The second kappa shape index (κ2) is 10.5. The third-order valence-electron chi connectivity index (χ3n) is 5.76. The largest absolute Gasteiger partial charge is 0.360 e. The van der Waals surface area contributed by atoms with E-state index in [4.69, 9.17) is 16.1 Å². The maximum Gasteiger partial charge on any atom is 0.277 e. The molecular weight excluding hydrogens is 426 g/mol. The van der Waals surface area contributed by atoms with Crippen molar-refractivity contribution in [2.75, 3.05) is 18.4 Å². The summed E-state index contributed by atoms with van der Waals surface area (Å²) in [4.78, 5) is 27.1. The molecular formula is C25H26ClN3O3. The van der Waals surface area contributed by atoms with E-state index in [-0.39, 0.29) is 23.4 Å². The monoisotopic (exact) mass is 451 g/mol. The van der Waals surface area contributed by atoms with E-state index in [1.807, 2.05) is 23.1 Å². The van der Waals surface area contributed by atoms with Crippen LogP contribution < -0.4 is 5.32 Å². The molecule has 32 heavy (non-hydrogen) atoms. The Hall–Kier alpha value is -3.12. The van der Waals surface area contributed by atoms with Gasteiger partial charge in [-0.25, -0.2) is 0 Å². The number of amides is 2. The van der Waals surface area contributed by atoms with Gasteiger partial charge >= 0.3 is 0 Å². The number of hydrogen-bond donors (Lipinski definition) is 1. The summed E-state index contributed by atoms with van der Waals surface area (Å²) in [5.74, 6) is 0.465. The molecule has 166 valence electrons. The number of piperidine rings is 1. The minimum Gasteiger partial charge on any atom is -0.360 e. The van der Waals surface area contributed by atoms with Crippen molar-refractivity contribution in [2.24, 2.45) is 0 Å². The van der Waals surface area contributed by atoms with Crippen molar-refractivity contribution in [1.29, 1.82) is 0 Å². The molecule has 2 heterocycles. The highest BCUT2D eigenvalue weighted by molar-refractivity contribution is 6.33. The fraction of sp³-hybridized carbons (Fsp3) is 0.320. The van der Waals surface area contributed by atoms with Crippen LogP contribution in [0.3, 0.4) is 0 Å². The zero-order valence-electron chi connectivity index (χ0n) is 17.8. The van der Waals surface area contributed by atoms with E-state index in [2.05, 4.69) is 22.6 Å². The second-order valence-electron chi connectivity index (χ2n) is 8.07. The Kier molecular flexibility index (Phi) is 7.22. The van der Waals surface area contributed by atoms with Crippen LogP contribution in [0.1, 0.15) is 53.4 Å². The van der Waals surface area contributed by atoms with Gasteiger partial charge in [0.2, 0.25) is 5.91 Å². The van der Waals surface area contributed by atoms with Crippen LogP contribution in [0.2, 0.25) is 5.02 Å². The van der Waals surface area contributed by atoms with E-state index in [1.165, 1.54) is 5.56 Å². The van der Waals surface area contributed by atoms with Gasteiger partial charge in [-0.3, -0.25) is 9.59 Å². The second-order valence-corrected chi connectivity index (χ2v) is 8.47. The first-order valence-corrected chi connectivity index (χ1v) is 11.3. The maximum atomic E-state index is 12.7. The fourth-order valence-electron chi connectivity index (χ4n) is 4.02. The molecule has 1 aromatic heterocycles. The minimum atomic E-state index is -0.377. The molecule has 1 aliphatic heterocycles. The predicted octanol–water partition coefficient (Wildman–Crippen LogP) is 5.31. The number of carbonyl (C=O) groups excluding carboxylic acids is 2. The summed E-state index contributed by atoms with van der Waals surface area (Å²) < 4.78 is 5.48. The van der Waals surface area contributed by atoms with Crippen molar-refractivity contribution in [3.8, 4) is 0 Å². The Labute approximate surface area is 192 Å². The smallest absolute Gasteiger partial charge is 0.277 e. The van der Waals surface area contributed by atoms with Gasteiger partial charge in [0.25, 0.3) is 5.91 Å². The van der Waals surface area contributed by atoms with Crippen LogP contribution in [0, 0.1) is 0 Å². The Bertz CT molecular complexity index is 1070. The summed E-state index contributed by atoms with van der Waals surface area (Å²) in [6, 6.07) is 18.9. The zero-order valence-corrected chi connectivity index (χ0v) is 18.6. The summed E-state index contributed by atoms with van der Waals surface area (Å²) in [6.45, 7) is 1.35. The van der Waals surface area contributed by atoms with Gasteiger partial charge in [-0.2, -0.15) is 0 Å². The molecule has 1 fully saturated rings. The Morgan fingerprint density at radius 3 is 2.72 bits per heavy atom. The van der Waals surface area contributed by atoms with E-state index in [0.717, 1.165) is 32.2 Å². The number of para-hydroxylation sites is 1. The van der Waals surface area contributed by atoms with Crippen LogP contribution >= 0.6 is 11.6 Å². The van der Waals surface area contributed by atoms with Crippen molar-refractivity contribution in [3.05, 3.63) is 82.7 Å². The lowest BCUT2D eigenvalue weighted by Crippen LogP contribution is -2.39. The molecule has 1 atom stereocenters. The van der Waals surface area contributed by atoms with Crippen LogP contribution in [0.15, 0.2) is 65.2 Å². The maximum absolute atomic E-state index is 12.7. The third-order valence-corrected chi connectivity index (χ3v) is 6.09. The number of carbonyl (C=O) groups is 2. The average Bonchev–Trinajstić information content (AvgIpc) is 3.32. The fourth-order valence-corrected chi connectivity index (χ4v) is 4.20. The van der Waals surface area contributed by atoms with Crippen molar-refractivity contribution in [3.63, 3.8) is 0 Å². The van der Waals surface area contributed by atoms with Crippen LogP contribution in [-0.2, 0) is 11.2 Å². The lowest BCUT2D eigenvalue weighted by Gasteiger charge is -2.31. The number of nitrogens with zero attached hydrogens (tertiary/aromatic N) is 2. The van der Waals surface area contributed by atoms with Crippen molar-refractivity contribution >= 4 is 29.1 Å². The lowest BCUT2D eigenvalue weighted by atomic mass is 9.95. The molecule has 1 N–H and O–H groups in total. The summed E-state index contributed by atoms with van der Waals surface area (Å²) in [6.07, 6.45) is 4.06. The van der Waals surface area contributed by atoms with E-state index < -0.39 is 0 Å². The molecule has 0 saturated carbocycles. The molecule has 3 aromatic rings. The van der Waals surface area contributed by atoms with Gasteiger partial charge in [-0.15, -0.1) is 0 Å². The van der Waals surface area contributed by atoms with Crippen LogP contribution in [0.4, 0.5) is 5.69 Å². The molecule has 4 rings (SSSR count). The molecule has 1 unspecified atom stereocenters. The summed E-state index contributed by atoms with van der Waals surface area (Å²) in [7, 11) is 0. The van der Waals surface area contributed by atoms with Crippen molar-refractivity contribution in [2.45, 2.75) is 38.0 Å². The van der Waals surface area contributed by atoms with Gasteiger partial charge in [0.05, 0.1) is 10.7 Å². The normalized spacial score (nSPS) is 16.0. The lowest BCUT2D eigenvalue weighted by molar-refractivity contribution is -0.132. The molecule has 0 spiro atoms. The number of likely N-dealkylation sites (tertiary alicyclic amines) is 1. The topological polar surface area (TPSA) is 75.4 Å². The quantitative estimate of drug-likeness (QED) is 0.528. The predicted molar refractivity (Wildman–Crippen MR) is 124 cm³/mol. The van der Waals surface area contributed by atoms with Crippen LogP contribution in [-0.4, -0.2) is 35.0 Å². The highest BCUT2D eigenvalue weighted by atomic mass is 35.5. The van der Waals surface area contributed by atoms with Crippen molar-refractivity contribution < 1.29 is 14.1 Å². The van der Waals surface area contributed by atoms with Gasteiger partial charge in [-0.05, 0) is 43.4 Å². The number of aromatic nitrogens is 1. The van der Waals surface area contributed by atoms with Crippen LogP contribution in [0.25, 0.3) is 0 Å². The van der Waals surface area contributed by atoms with Gasteiger partial charge in [0.15, 0.2) is 5.69 Å². The molecule has 6 nitrogen and oxygen atoms in total. The number of nitrogens with one attached hydrogen (secondary N) is 1. The zero-order chi connectivity index (χ0) is 22.3. The Morgan fingerprint density at radius 2 is 1.91 bits per heavy atom. The summed E-state index contributed by atoms with van der Waals surface area (Å²) in [5.41, 5.74) is 1.97. The summed E-state index contributed by atoms with van der Waals surface area (Å²) in [5, 5.41) is 7.14. The van der Waals surface area contributed by atoms with Gasteiger partial charge in [0.1, 0.15) is 5.76 Å². The Morgan fingerprint density at radius 1 is 1.12 bits per heavy atom. The highest BCUT2D eigenvalue weighted by Crippen LogP contribution is 2.28. The first-order chi connectivity index (χ1) is 15.6.